The van der Waals surface area contributed by atoms with E-state index in [-0.39, 0.29) is 17.9 Å². The van der Waals surface area contributed by atoms with Crippen molar-refractivity contribution in [2.45, 2.75) is 56.5 Å². The second-order valence-corrected chi connectivity index (χ2v) is 10.5. The summed E-state index contributed by atoms with van der Waals surface area (Å²) < 4.78 is 5.60. The summed E-state index contributed by atoms with van der Waals surface area (Å²) in [6.07, 6.45) is 5.79. The molecule has 4 aliphatic rings. The second kappa shape index (κ2) is 8.42. The number of fused-ring (bicyclic) bond motifs is 1. The molecule has 3 atom stereocenters. The van der Waals surface area contributed by atoms with Gasteiger partial charge in [-0.25, -0.2) is 4.79 Å². The Morgan fingerprint density at radius 2 is 1.82 bits per heavy atom. The normalized spacial score (nSPS) is 27.2. The van der Waals surface area contributed by atoms with E-state index in [1.807, 2.05) is 11.0 Å². The fourth-order valence-electron chi connectivity index (χ4n) is 6.48. The van der Waals surface area contributed by atoms with Gasteiger partial charge in [0.05, 0.1) is 5.56 Å². The highest BCUT2D eigenvalue weighted by Crippen LogP contribution is 2.65. The van der Waals surface area contributed by atoms with E-state index >= 15 is 0 Å². The summed E-state index contributed by atoms with van der Waals surface area (Å²) >= 11 is 0. The van der Waals surface area contributed by atoms with Crippen LogP contribution in [0.2, 0.25) is 0 Å². The van der Waals surface area contributed by atoms with Gasteiger partial charge in [0.25, 0.3) is 5.91 Å². The van der Waals surface area contributed by atoms with Gasteiger partial charge in [-0.3, -0.25) is 4.79 Å². The number of ether oxygens (including phenoxy) is 1. The van der Waals surface area contributed by atoms with Crippen molar-refractivity contribution in [1.29, 1.82) is 0 Å². The van der Waals surface area contributed by atoms with E-state index in [1.54, 1.807) is 12.1 Å². The number of benzene rings is 2. The van der Waals surface area contributed by atoms with Crippen LogP contribution in [0.4, 0.5) is 5.69 Å². The standard InChI is InChI=1S/C28H32N2O4/c31-26(25-5-2-14-34-25)30-12-10-28(11-13-30)16-23(28)19-8-6-18(7-9-19)20-15-22-21(27(32)33)3-1-4-24(22)29-17-20/h1,3-4,6-9,20,23,25,29H,2,5,10-17H2,(H,32,33)/t20?,23-,25+/m0/s1. The van der Waals surface area contributed by atoms with Crippen molar-refractivity contribution in [1.82, 2.24) is 4.90 Å². The zero-order chi connectivity index (χ0) is 23.3. The molecule has 2 aromatic rings. The summed E-state index contributed by atoms with van der Waals surface area (Å²) in [5.41, 5.74) is 5.26. The molecule has 1 saturated carbocycles. The van der Waals surface area contributed by atoms with Crippen molar-refractivity contribution in [3.63, 3.8) is 0 Å². The predicted molar refractivity (Wildman–Crippen MR) is 129 cm³/mol. The molecule has 1 aliphatic carbocycles. The molecule has 6 rings (SSSR count). The first kappa shape index (κ1) is 21.7. The van der Waals surface area contributed by atoms with E-state index in [0.29, 0.717) is 16.9 Å². The molecule has 2 saturated heterocycles. The Morgan fingerprint density at radius 1 is 1.06 bits per heavy atom. The third-order valence-electron chi connectivity index (χ3n) is 8.67. The van der Waals surface area contributed by atoms with Crippen LogP contribution in [0.5, 0.6) is 0 Å². The summed E-state index contributed by atoms with van der Waals surface area (Å²) in [6, 6.07) is 14.5. The number of amides is 1. The van der Waals surface area contributed by atoms with Gasteiger partial charge in [0, 0.05) is 37.8 Å². The van der Waals surface area contributed by atoms with Crippen LogP contribution in [0.3, 0.4) is 0 Å². The van der Waals surface area contributed by atoms with E-state index in [2.05, 4.69) is 29.6 Å². The van der Waals surface area contributed by atoms with E-state index in [9.17, 15) is 14.7 Å². The summed E-state index contributed by atoms with van der Waals surface area (Å²) in [5.74, 6) is 0.187. The molecule has 2 aromatic carbocycles. The van der Waals surface area contributed by atoms with Gasteiger partial charge < -0.3 is 20.1 Å². The van der Waals surface area contributed by atoms with Crippen molar-refractivity contribution in [2.24, 2.45) is 5.41 Å². The summed E-state index contributed by atoms with van der Waals surface area (Å²) in [6.45, 7) is 3.24. The number of carboxylic acids is 1. The zero-order valence-electron chi connectivity index (χ0n) is 19.5. The first-order chi connectivity index (χ1) is 16.5. The number of hydrogen-bond acceptors (Lipinski definition) is 4. The van der Waals surface area contributed by atoms with Gasteiger partial charge in [0.1, 0.15) is 6.10 Å². The zero-order valence-corrected chi connectivity index (χ0v) is 19.5. The number of nitrogens with one attached hydrogen (secondary N) is 1. The van der Waals surface area contributed by atoms with Crippen LogP contribution in [-0.4, -0.2) is 54.2 Å². The Labute approximate surface area is 200 Å². The first-order valence-corrected chi connectivity index (χ1v) is 12.6. The van der Waals surface area contributed by atoms with E-state index in [1.165, 1.54) is 17.5 Å². The number of carbonyl (C=O) groups excluding carboxylic acids is 1. The lowest BCUT2D eigenvalue weighted by Gasteiger charge is -2.34. The predicted octanol–water partition coefficient (Wildman–Crippen LogP) is 4.41. The number of hydrogen-bond donors (Lipinski definition) is 2. The number of piperidine rings is 1. The molecule has 6 heteroatoms. The molecular formula is C28H32N2O4. The third-order valence-corrected chi connectivity index (χ3v) is 8.67. The molecule has 3 fully saturated rings. The smallest absolute Gasteiger partial charge is 0.336 e. The first-order valence-electron chi connectivity index (χ1n) is 12.6. The molecule has 1 amide bonds. The SMILES string of the molecule is O=C(O)c1cccc2c1CC(c1ccc([C@@H]3CC34CCN(C(=O)[C@H]3CCCO3)CC4)cc1)CN2. The summed E-state index contributed by atoms with van der Waals surface area (Å²) in [4.78, 5) is 26.4. The van der Waals surface area contributed by atoms with Crippen molar-refractivity contribution in [2.75, 3.05) is 31.6 Å². The number of nitrogens with zero attached hydrogens (tertiary/aromatic N) is 1. The lowest BCUT2D eigenvalue weighted by atomic mass is 9.84. The Morgan fingerprint density at radius 3 is 2.53 bits per heavy atom. The Bertz CT molecular complexity index is 1100. The largest absolute Gasteiger partial charge is 0.478 e. The maximum atomic E-state index is 12.7. The highest BCUT2D eigenvalue weighted by molar-refractivity contribution is 5.91. The number of aromatic carboxylic acids is 1. The van der Waals surface area contributed by atoms with Crippen LogP contribution in [0, 0.1) is 5.41 Å². The molecule has 6 nitrogen and oxygen atoms in total. The molecule has 3 heterocycles. The van der Waals surface area contributed by atoms with Crippen LogP contribution in [0.15, 0.2) is 42.5 Å². The van der Waals surface area contributed by atoms with Crippen LogP contribution in [0.1, 0.15) is 71.0 Å². The topological polar surface area (TPSA) is 78.9 Å². The van der Waals surface area contributed by atoms with Crippen LogP contribution < -0.4 is 5.32 Å². The average Bonchev–Trinajstić information content (AvgIpc) is 3.28. The fourth-order valence-corrected chi connectivity index (χ4v) is 6.48. The minimum absolute atomic E-state index is 0.197. The number of carboxylic acid groups (broad SMARTS) is 1. The number of anilines is 1. The Balaban J connectivity index is 1.09. The van der Waals surface area contributed by atoms with E-state index in [4.69, 9.17) is 4.74 Å². The van der Waals surface area contributed by atoms with Gasteiger partial charge >= 0.3 is 5.97 Å². The number of rotatable bonds is 4. The van der Waals surface area contributed by atoms with Gasteiger partial charge in [-0.05, 0) is 78.7 Å². The monoisotopic (exact) mass is 460 g/mol. The summed E-state index contributed by atoms with van der Waals surface area (Å²) in [7, 11) is 0. The van der Waals surface area contributed by atoms with Gasteiger partial charge in [0.2, 0.25) is 0 Å². The van der Waals surface area contributed by atoms with Crippen molar-refractivity contribution < 1.29 is 19.4 Å². The molecule has 0 aromatic heterocycles. The maximum absolute atomic E-state index is 12.7. The molecule has 178 valence electrons. The minimum Gasteiger partial charge on any atom is -0.478 e. The Kier molecular flexibility index (Phi) is 5.36. The van der Waals surface area contributed by atoms with Crippen LogP contribution in [0.25, 0.3) is 0 Å². The molecule has 0 bridgehead atoms. The molecular weight excluding hydrogens is 428 g/mol. The molecule has 0 radical (unpaired) electrons. The lowest BCUT2D eigenvalue weighted by molar-refractivity contribution is -0.142. The fraction of sp³-hybridized carbons (Fsp3) is 0.500. The number of carbonyl (C=O) groups is 2. The average molecular weight is 461 g/mol. The molecule has 1 unspecified atom stereocenters. The molecule has 3 aliphatic heterocycles. The molecule has 34 heavy (non-hydrogen) atoms. The highest BCUT2D eigenvalue weighted by atomic mass is 16.5. The Hall–Kier alpha value is -2.86. The molecule has 2 N–H and O–H groups in total. The summed E-state index contributed by atoms with van der Waals surface area (Å²) in [5, 5.41) is 13.0. The van der Waals surface area contributed by atoms with Crippen molar-refractivity contribution >= 4 is 17.6 Å². The maximum Gasteiger partial charge on any atom is 0.336 e. The highest BCUT2D eigenvalue weighted by Gasteiger charge is 2.55. The molecule has 1 spiro atoms. The van der Waals surface area contributed by atoms with Gasteiger partial charge in [-0.15, -0.1) is 0 Å². The lowest BCUT2D eigenvalue weighted by Crippen LogP contribution is -2.44. The van der Waals surface area contributed by atoms with Crippen molar-refractivity contribution in [3.05, 3.63) is 64.7 Å². The van der Waals surface area contributed by atoms with Gasteiger partial charge in [0.15, 0.2) is 0 Å². The second-order valence-electron chi connectivity index (χ2n) is 10.5. The number of likely N-dealkylation sites (tertiary alicyclic amines) is 1. The van der Waals surface area contributed by atoms with Gasteiger partial charge in [-0.1, -0.05) is 30.3 Å². The van der Waals surface area contributed by atoms with Gasteiger partial charge in [-0.2, -0.15) is 0 Å². The van der Waals surface area contributed by atoms with E-state index in [0.717, 1.165) is 69.6 Å². The minimum atomic E-state index is -0.864. The van der Waals surface area contributed by atoms with E-state index < -0.39 is 5.97 Å². The quantitative estimate of drug-likeness (QED) is 0.707. The van der Waals surface area contributed by atoms with Crippen LogP contribution in [-0.2, 0) is 16.0 Å². The van der Waals surface area contributed by atoms with Crippen LogP contribution >= 0.6 is 0 Å². The third kappa shape index (κ3) is 3.78. The van der Waals surface area contributed by atoms with Crippen molar-refractivity contribution in [3.8, 4) is 0 Å².